The molecule has 0 spiro atoms. The fraction of sp³-hybridized carbons (Fsp3) is 0.912. The topological polar surface area (TPSA) is 151 Å². The number of aliphatic hydroxyl groups is 2. The molecule has 0 aromatic rings. The Morgan fingerprint density at radius 2 is 1.25 bits per heavy atom. The predicted octanol–water partition coefficient (Wildman–Crippen LogP) is 7.85. The molecule has 0 heterocycles. The van der Waals surface area contributed by atoms with E-state index >= 15 is 0 Å². The summed E-state index contributed by atoms with van der Waals surface area (Å²) in [6.45, 7) is 3.95. The fourth-order valence-corrected chi connectivity index (χ4v) is 5.92. The Bertz CT molecular complexity index is 726. The Hall–Kier alpha value is -0.800. The molecular weight excluding hydrogens is 579 g/mol. The van der Waals surface area contributed by atoms with Gasteiger partial charge in [0, 0.05) is 6.54 Å². The smallest absolute Gasteiger partial charge is 0.393 e. The van der Waals surface area contributed by atoms with E-state index in [1.807, 2.05) is 0 Å². The van der Waals surface area contributed by atoms with E-state index < -0.39 is 32.0 Å². The number of allylic oxidation sites excluding steroid dienone is 2. The largest absolute Gasteiger partial charge is 0.472 e. The van der Waals surface area contributed by atoms with Crippen molar-refractivity contribution in [3.05, 3.63) is 12.2 Å². The molecule has 0 rings (SSSR count). The van der Waals surface area contributed by atoms with E-state index in [-0.39, 0.29) is 26.2 Å². The number of hydrogen-bond donors (Lipinski definition) is 5. The number of phosphoric acid groups is 1. The third kappa shape index (κ3) is 28.7. The summed E-state index contributed by atoms with van der Waals surface area (Å²) >= 11 is 0. The lowest BCUT2D eigenvalue weighted by atomic mass is 10.0. The van der Waals surface area contributed by atoms with E-state index in [1.165, 1.54) is 83.5 Å². The van der Waals surface area contributed by atoms with Crippen molar-refractivity contribution in [3.63, 3.8) is 0 Å². The predicted molar refractivity (Wildman–Crippen MR) is 181 cm³/mol. The van der Waals surface area contributed by atoms with Crippen molar-refractivity contribution in [1.82, 2.24) is 5.32 Å². The van der Waals surface area contributed by atoms with Crippen molar-refractivity contribution in [3.8, 4) is 0 Å². The first-order chi connectivity index (χ1) is 21.3. The van der Waals surface area contributed by atoms with Gasteiger partial charge in [-0.15, -0.1) is 0 Å². The highest BCUT2D eigenvalue weighted by atomic mass is 31.2. The molecule has 44 heavy (non-hydrogen) atoms. The van der Waals surface area contributed by atoms with E-state index in [0.29, 0.717) is 12.8 Å². The standard InChI is InChI=1S/C34H69N2O7P/c1-3-5-7-9-11-13-14-15-16-17-18-20-22-24-26-33(38)32(30-43-44(40,41)42-28-27-35)36-34(39)29-31(37)25-23-21-19-12-10-8-6-4-2/h10,12,31-33,37-38H,3-9,11,13-30,35H2,1-2H3,(H,36,39)(H,40,41)/b12-10-. The SMILES string of the molecule is CCCC/C=C\CCCCC(O)CC(=O)NC(COP(=O)(O)OCCN)C(O)CCCCCCCCCCCCCCCC. The molecule has 0 saturated heterocycles. The zero-order valence-corrected chi connectivity index (χ0v) is 29.2. The summed E-state index contributed by atoms with van der Waals surface area (Å²) in [4.78, 5) is 22.6. The second kappa shape index (κ2) is 30.8. The van der Waals surface area contributed by atoms with Gasteiger partial charge in [-0.1, -0.05) is 135 Å². The zero-order valence-electron chi connectivity index (χ0n) is 28.3. The van der Waals surface area contributed by atoms with Crippen LogP contribution in [-0.2, 0) is 18.4 Å². The highest BCUT2D eigenvalue weighted by molar-refractivity contribution is 7.47. The molecule has 262 valence electrons. The van der Waals surface area contributed by atoms with Crippen molar-refractivity contribution < 1.29 is 33.5 Å². The molecule has 0 saturated carbocycles. The molecule has 10 heteroatoms. The Morgan fingerprint density at radius 1 is 0.750 bits per heavy atom. The summed E-state index contributed by atoms with van der Waals surface area (Å²) in [5.74, 6) is -0.429. The third-order valence-corrected chi connectivity index (χ3v) is 8.91. The number of amides is 1. The van der Waals surface area contributed by atoms with Crippen molar-refractivity contribution in [2.45, 2.75) is 180 Å². The zero-order chi connectivity index (χ0) is 32.7. The van der Waals surface area contributed by atoms with Crippen molar-refractivity contribution >= 4 is 13.7 Å². The first kappa shape index (κ1) is 43.2. The summed E-state index contributed by atoms with van der Waals surface area (Å²) < 4.78 is 22.0. The molecule has 0 aromatic carbocycles. The van der Waals surface area contributed by atoms with E-state index in [9.17, 15) is 24.5 Å². The minimum atomic E-state index is -4.36. The van der Waals surface area contributed by atoms with Gasteiger partial charge in [0.25, 0.3) is 0 Å². The summed E-state index contributed by atoms with van der Waals surface area (Å²) in [5, 5.41) is 23.9. The summed E-state index contributed by atoms with van der Waals surface area (Å²) in [6.07, 6.45) is 27.0. The van der Waals surface area contributed by atoms with Gasteiger partial charge in [0.2, 0.25) is 5.91 Å². The molecule has 0 radical (unpaired) electrons. The maximum atomic E-state index is 12.7. The number of nitrogens with one attached hydrogen (secondary N) is 1. The average molecular weight is 649 g/mol. The quantitative estimate of drug-likeness (QED) is 0.0274. The van der Waals surface area contributed by atoms with Gasteiger partial charge in [-0.3, -0.25) is 13.8 Å². The lowest BCUT2D eigenvalue weighted by molar-refractivity contribution is -0.125. The molecule has 1 amide bonds. The van der Waals surface area contributed by atoms with E-state index in [2.05, 4.69) is 31.3 Å². The van der Waals surface area contributed by atoms with Gasteiger partial charge in [-0.2, -0.15) is 0 Å². The second-order valence-corrected chi connectivity index (χ2v) is 13.7. The van der Waals surface area contributed by atoms with Crippen LogP contribution in [0, 0.1) is 0 Å². The van der Waals surface area contributed by atoms with Gasteiger partial charge in [-0.25, -0.2) is 4.57 Å². The molecule has 0 aliphatic rings. The maximum Gasteiger partial charge on any atom is 0.472 e. The van der Waals surface area contributed by atoms with E-state index in [1.54, 1.807) is 0 Å². The van der Waals surface area contributed by atoms with Crippen LogP contribution < -0.4 is 11.1 Å². The first-order valence-corrected chi connectivity index (χ1v) is 19.4. The highest BCUT2D eigenvalue weighted by Crippen LogP contribution is 2.43. The van der Waals surface area contributed by atoms with Crippen molar-refractivity contribution in [2.24, 2.45) is 5.73 Å². The van der Waals surface area contributed by atoms with Gasteiger partial charge >= 0.3 is 7.82 Å². The van der Waals surface area contributed by atoms with Gasteiger partial charge in [0.1, 0.15) is 0 Å². The van der Waals surface area contributed by atoms with Gasteiger partial charge in [0.15, 0.2) is 0 Å². The number of unbranched alkanes of at least 4 members (excludes halogenated alkanes) is 17. The number of nitrogens with two attached hydrogens (primary N) is 1. The van der Waals surface area contributed by atoms with Gasteiger partial charge in [-0.05, 0) is 32.1 Å². The molecule has 0 aliphatic heterocycles. The van der Waals surface area contributed by atoms with Crippen LogP contribution in [0.2, 0.25) is 0 Å². The maximum absolute atomic E-state index is 12.7. The van der Waals surface area contributed by atoms with Crippen LogP contribution in [0.5, 0.6) is 0 Å². The first-order valence-electron chi connectivity index (χ1n) is 17.9. The van der Waals surface area contributed by atoms with Crippen LogP contribution in [-0.4, -0.2) is 59.0 Å². The summed E-state index contributed by atoms with van der Waals surface area (Å²) in [7, 11) is -4.36. The van der Waals surface area contributed by atoms with Gasteiger partial charge in [0.05, 0.1) is 37.9 Å². The Balaban J connectivity index is 4.41. The Morgan fingerprint density at radius 3 is 1.80 bits per heavy atom. The van der Waals surface area contributed by atoms with E-state index in [4.69, 9.17) is 14.8 Å². The van der Waals surface area contributed by atoms with E-state index in [0.717, 1.165) is 44.9 Å². The number of aliphatic hydroxyl groups excluding tert-OH is 2. The summed E-state index contributed by atoms with van der Waals surface area (Å²) in [5.41, 5.74) is 5.34. The molecule has 0 aliphatic carbocycles. The third-order valence-electron chi connectivity index (χ3n) is 7.92. The minimum absolute atomic E-state index is 0.0584. The molecule has 0 bridgehead atoms. The number of rotatable bonds is 33. The van der Waals surface area contributed by atoms with Gasteiger partial charge < -0.3 is 26.2 Å². The molecule has 4 atom stereocenters. The van der Waals surface area contributed by atoms with Crippen LogP contribution in [0.3, 0.4) is 0 Å². The highest BCUT2D eigenvalue weighted by Gasteiger charge is 2.28. The Labute approximate surface area is 269 Å². The van der Waals surface area contributed by atoms with Crippen molar-refractivity contribution in [1.29, 1.82) is 0 Å². The fourth-order valence-electron chi connectivity index (χ4n) is 5.16. The molecule has 0 fully saturated rings. The molecule has 9 nitrogen and oxygen atoms in total. The van der Waals surface area contributed by atoms with Crippen LogP contribution in [0.4, 0.5) is 0 Å². The van der Waals surface area contributed by atoms with Crippen LogP contribution in [0.15, 0.2) is 12.2 Å². The normalized spacial score (nSPS) is 15.3. The molecule has 4 unspecified atom stereocenters. The molecular formula is C34H69N2O7P. The van der Waals surface area contributed by atoms with Crippen LogP contribution >= 0.6 is 7.82 Å². The minimum Gasteiger partial charge on any atom is -0.393 e. The number of carbonyl (C=O) groups is 1. The average Bonchev–Trinajstić information content (AvgIpc) is 2.99. The number of hydrogen-bond acceptors (Lipinski definition) is 7. The summed E-state index contributed by atoms with van der Waals surface area (Å²) in [6, 6.07) is -0.896. The number of phosphoric ester groups is 1. The van der Waals surface area contributed by atoms with Crippen LogP contribution in [0.25, 0.3) is 0 Å². The number of carbonyl (C=O) groups excluding carboxylic acids is 1. The second-order valence-electron chi connectivity index (χ2n) is 12.3. The Kier molecular flexibility index (Phi) is 30.3. The lowest BCUT2D eigenvalue weighted by Gasteiger charge is -2.25. The molecule has 6 N–H and O–H groups in total. The van der Waals surface area contributed by atoms with Crippen molar-refractivity contribution in [2.75, 3.05) is 19.8 Å². The van der Waals surface area contributed by atoms with Crippen LogP contribution in [0.1, 0.15) is 162 Å². The lowest BCUT2D eigenvalue weighted by Crippen LogP contribution is -2.47. The monoisotopic (exact) mass is 648 g/mol. The molecule has 0 aromatic heterocycles.